The van der Waals surface area contributed by atoms with Crippen LogP contribution in [0, 0.1) is 11.6 Å². The predicted molar refractivity (Wildman–Crippen MR) is 131 cm³/mol. The lowest BCUT2D eigenvalue weighted by Gasteiger charge is -2.39. The number of rotatable bonds is 7. The standard InChI is InChI=1S/C28H29F2N3O3/c1-35-28(34)17-7-10-25(31-13-17)33-18-8-9-19(33)12-20(11-18)36-15-22-21(14-32-27(22)16-5-6-16)26-23(29)3-2-4-24(26)30/h2-4,7,10,13-14,16,18-20,32H,5-6,8-9,11-12,15H2,1H3. The van der Waals surface area contributed by atoms with Gasteiger partial charge in [0, 0.05) is 41.3 Å². The van der Waals surface area contributed by atoms with E-state index in [-0.39, 0.29) is 11.7 Å². The van der Waals surface area contributed by atoms with Crippen LogP contribution in [0.25, 0.3) is 11.1 Å². The number of aromatic amines is 1. The summed E-state index contributed by atoms with van der Waals surface area (Å²) in [6, 6.07) is 8.24. The Morgan fingerprint density at radius 1 is 1.08 bits per heavy atom. The molecule has 1 aliphatic carbocycles. The average molecular weight is 494 g/mol. The average Bonchev–Trinajstić information content (AvgIpc) is 3.59. The van der Waals surface area contributed by atoms with Gasteiger partial charge in [0.05, 0.1) is 30.9 Å². The van der Waals surface area contributed by atoms with Gasteiger partial charge < -0.3 is 19.4 Å². The van der Waals surface area contributed by atoms with Crippen LogP contribution in [0.4, 0.5) is 14.6 Å². The number of esters is 1. The number of anilines is 1. The van der Waals surface area contributed by atoms with Crippen molar-refractivity contribution < 1.29 is 23.0 Å². The number of fused-ring (bicyclic) bond motifs is 2. The summed E-state index contributed by atoms with van der Waals surface area (Å²) in [5.74, 6) is -0.241. The van der Waals surface area contributed by atoms with Crippen molar-refractivity contribution in [1.82, 2.24) is 9.97 Å². The summed E-state index contributed by atoms with van der Waals surface area (Å²) >= 11 is 0. The lowest BCUT2D eigenvalue weighted by Crippen LogP contribution is -2.46. The minimum absolute atomic E-state index is 0.00983. The smallest absolute Gasteiger partial charge is 0.339 e. The molecule has 4 heterocycles. The molecule has 2 aliphatic heterocycles. The number of benzene rings is 1. The van der Waals surface area contributed by atoms with E-state index in [1.54, 1.807) is 18.5 Å². The van der Waals surface area contributed by atoms with Gasteiger partial charge in [0.2, 0.25) is 0 Å². The van der Waals surface area contributed by atoms with Crippen LogP contribution in [0.1, 0.15) is 66.1 Å². The second kappa shape index (κ2) is 9.32. The molecule has 0 spiro atoms. The zero-order valence-corrected chi connectivity index (χ0v) is 20.2. The van der Waals surface area contributed by atoms with Crippen molar-refractivity contribution in [1.29, 1.82) is 0 Å². The summed E-state index contributed by atoms with van der Waals surface area (Å²) in [4.78, 5) is 21.9. The van der Waals surface area contributed by atoms with Gasteiger partial charge in [-0.05, 0) is 68.7 Å². The molecular weight excluding hydrogens is 464 g/mol. The number of aromatic nitrogens is 2. The van der Waals surface area contributed by atoms with E-state index in [1.807, 2.05) is 6.07 Å². The second-order valence-electron chi connectivity index (χ2n) is 10.1. The van der Waals surface area contributed by atoms with Gasteiger partial charge in [-0.25, -0.2) is 18.6 Å². The molecule has 188 valence electrons. The van der Waals surface area contributed by atoms with Gasteiger partial charge in [0.15, 0.2) is 0 Å². The molecule has 2 aromatic heterocycles. The second-order valence-corrected chi connectivity index (χ2v) is 10.1. The molecule has 0 amide bonds. The third-order valence-corrected chi connectivity index (χ3v) is 7.83. The van der Waals surface area contributed by atoms with E-state index in [4.69, 9.17) is 9.47 Å². The third-order valence-electron chi connectivity index (χ3n) is 7.83. The maximum absolute atomic E-state index is 14.6. The molecule has 3 aliphatic rings. The van der Waals surface area contributed by atoms with Gasteiger partial charge in [-0.2, -0.15) is 0 Å². The zero-order valence-electron chi connectivity index (χ0n) is 20.2. The highest BCUT2D eigenvalue weighted by molar-refractivity contribution is 5.89. The topological polar surface area (TPSA) is 67.4 Å². The maximum atomic E-state index is 14.6. The summed E-state index contributed by atoms with van der Waals surface area (Å²) < 4.78 is 40.4. The van der Waals surface area contributed by atoms with E-state index in [9.17, 15) is 13.6 Å². The zero-order chi connectivity index (χ0) is 24.8. The Morgan fingerprint density at radius 2 is 1.81 bits per heavy atom. The van der Waals surface area contributed by atoms with E-state index >= 15 is 0 Å². The number of halogens is 2. The Bertz CT molecular complexity index is 1240. The van der Waals surface area contributed by atoms with Crippen molar-refractivity contribution in [3.8, 4) is 11.1 Å². The molecular formula is C28H29F2N3O3. The minimum Gasteiger partial charge on any atom is -0.465 e. The Hall–Kier alpha value is -3.26. The first-order valence-corrected chi connectivity index (χ1v) is 12.6. The number of pyridine rings is 1. The molecule has 8 heteroatoms. The van der Waals surface area contributed by atoms with Gasteiger partial charge in [0.25, 0.3) is 0 Å². The van der Waals surface area contributed by atoms with Crippen LogP contribution in [0.3, 0.4) is 0 Å². The van der Waals surface area contributed by atoms with Gasteiger partial charge >= 0.3 is 5.97 Å². The first-order chi connectivity index (χ1) is 17.5. The number of H-pyrrole nitrogens is 1. The van der Waals surface area contributed by atoms with Crippen LogP contribution in [0.2, 0.25) is 0 Å². The maximum Gasteiger partial charge on any atom is 0.339 e. The van der Waals surface area contributed by atoms with Crippen molar-refractivity contribution in [3.63, 3.8) is 0 Å². The van der Waals surface area contributed by atoms with Crippen LogP contribution in [0.5, 0.6) is 0 Å². The summed E-state index contributed by atoms with van der Waals surface area (Å²) in [5.41, 5.74) is 2.92. The number of carbonyl (C=O) groups excluding carboxylic acids is 1. The van der Waals surface area contributed by atoms with Crippen LogP contribution < -0.4 is 4.90 Å². The van der Waals surface area contributed by atoms with Gasteiger partial charge in [-0.1, -0.05) is 6.07 Å². The summed E-state index contributed by atoms with van der Waals surface area (Å²) in [5, 5.41) is 0. The van der Waals surface area contributed by atoms with Crippen LogP contribution >= 0.6 is 0 Å². The molecule has 3 fully saturated rings. The molecule has 6 nitrogen and oxygen atoms in total. The molecule has 0 radical (unpaired) electrons. The minimum atomic E-state index is -0.560. The van der Waals surface area contributed by atoms with Gasteiger partial charge in [-0.15, -0.1) is 0 Å². The number of carbonyl (C=O) groups is 1. The van der Waals surface area contributed by atoms with E-state index in [0.717, 1.165) is 55.6 Å². The molecule has 3 aromatic rings. The molecule has 1 N–H and O–H groups in total. The van der Waals surface area contributed by atoms with E-state index < -0.39 is 17.6 Å². The summed E-state index contributed by atoms with van der Waals surface area (Å²) in [6.07, 6.45) is 9.37. The predicted octanol–water partition coefficient (Wildman–Crippen LogP) is 5.74. The Labute approximate surface area is 208 Å². The number of piperidine rings is 1. The Balaban J connectivity index is 1.18. The fourth-order valence-corrected chi connectivity index (χ4v) is 5.96. The molecule has 6 rings (SSSR count). The van der Waals surface area contributed by atoms with Crippen LogP contribution in [0.15, 0.2) is 42.7 Å². The number of methoxy groups -OCH3 is 1. The SMILES string of the molecule is COC(=O)c1ccc(N2C3CCC2CC(OCc2c(-c4c(F)cccc4F)c[nH]c2C2CC2)C3)nc1. The number of hydrogen-bond acceptors (Lipinski definition) is 5. The number of nitrogens with one attached hydrogen (secondary N) is 1. The molecule has 2 unspecified atom stereocenters. The summed E-state index contributed by atoms with van der Waals surface area (Å²) in [7, 11) is 1.36. The quantitative estimate of drug-likeness (QED) is 0.426. The van der Waals surface area contributed by atoms with Gasteiger partial charge in [-0.3, -0.25) is 0 Å². The number of ether oxygens (including phenoxy) is 2. The van der Waals surface area contributed by atoms with Crippen LogP contribution in [-0.2, 0) is 16.1 Å². The third kappa shape index (κ3) is 4.17. The Morgan fingerprint density at radius 3 is 2.42 bits per heavy atom. The van der Waals surface area contributed by atoms with E-state index in [2.05, 4.69) is 14.9 Å². The van der Waals surface area contributed by atoms with Crippen molar-refractivity contribution in [2.24, 2.45) is 0 Å². The van der Waals surface area contributed by atoms with Crippen molar-refractivity contribution in [3.05, 3.63) is 71.2 Å². The van der Waals surface area contributed by atoms with E-state index in [0.29, 0.717) is 35.7 Å². The molecule has 1 saturated carbocycles. The van der Waals surface area contributed by atoms with Crippen LogP contribution in [-0.4, -0.2) is 41.2 Å². The summed E-state index contributed by atoms with van der Waals surface area (Å²) in [6.45, 7) is 0.328. The molecule has 2 saturated heterocycles. The Kier molecular flexibility index (Phi) is 5.99. The number of hydrogen-bond donors (Lipinski definition) is 1. The lowest BCUT2D eigenvalue weighted by molar-refractivity contribution is 0.0149. The van der Waals surface area contributed by atoms with Gasteiger partial charge in [0.1, 0.15) is 17.5 Å². The molecule has 36 heavy (non-hydrogen) atoms. The highest BCUT2D eigenvalue weighted by Crippen LogP contribution is 2.45. The highest BCUT2D eigenvalue weighted by Gasteiger charge is 2.42. The molecule has 2 bridgehead atoms. The largest absolute Gasteiger partial charge is 0.465 e. The van der Waals surface area contributed by atoms with Crippen molar-refractivity contribution >= 4 is 11.8 Å². The van der Waals surface area contributed by atoms with E-state index in [1.165, 1.54) is 25.3 Å². The first-order valence-electron chi connectivity index (χ1n) is 12.6. The van der Waals surface area contributed by atoms with Crippen molar-refractivity contribution in [2.75, 3.05) is 12.0 Å². The van der Waals surface area contributed by atoms with Crippen molar-refractivity contribution in [2.45, 2.75) is 69.2 Å². The fourth-order valence-electron chi connectivity index (χ4n) is 5.96. The molecule has 1 aromatic carbocycles. The first kappa shape index (κ1) is 23.2. The highest BCUT2D eigenvalue weighted by atomic mass is 19.1. The monoisotopic (exact) mass is 493 g/mol. The fraction of sp³-hybridized carbons (Fsp3) is 0.429. The number of nitrogens with zero attached hydrogens (tertiary/aromatic N) is 2. The molecule has 2 atom stereocenters. The lowest BCUT2D eigenvalue weighted by atomic mass is 9.98. The normalized spacial score (nSPS) is 23.2.